The first-order chi connectivity index (χ1) is 7.29. The molecule has 2 rings (SSSR count). The van der Waals surface area contributed by atoms with E-state index in [4.69, 9.17) is 14.2 Å². The maximum Gasteiger partial charge on any atom is 0.338 e. The lowest BCUT2D eigenvalue weighted by atomic mass is 10.2. The van der Waals surface area contributed by atoms with Crippen molar-refractivity contribution in [1.82, 2.24) is 0 Å². The van der Waals surface area contributed by atoms with Gasteiger partial charge in [0.05, 0.1) is 19.3 Å². The van der Waals surface area contributed by atoms with E-state index in [-0.39, 0.29) is 12.1 Å². The molecule has 1 aromatic carbocycles. The van der Waals surface area contributed by atoms with Crippen LogP contribution in [-0.2, 0) is 9.47 Å². The first-order valence-electron chi connectivity index (χ1n) is 4.72. The Balaban J connectivity index is 1.91. The molecule has 1 fully saturated rings. The van der Waals surface area contributed by atoms with Crippen molar-refractivity contribution in [2.45, 2.75) is 6.10 Å². The van der Waals surface area contributed by atoms with Gasteiger partial charge in [-0.3, -0.25) is 0 Å². The normalized spacial score (nSPS) is 18.3. The number of methoxy groups -OCH3 is 1. The van der Waals surface area contributed by atoms with Crippen LogP contribution in [0.25, 0.3) is 0 Å². The highest BCUT2D eigenvalue weighted by Gasteiger charge is 2.24. The highest BCUT2D eigenvalue weighted by molar-refractivity contribution is 5.89. The van der Waals surface area contributed by atoms with E-state index in [1.807, 2.05) is 0 Å². The number of esters is 1. The van der Waals surface area contributed by atoms with Crippen molar-refractivity contribution in [3.05, 3.63) is 29.8 Å². The molecule has 1 saturated heterocycles. The number of carbonyl (C=O) groups excluding carboxylic acids is 1. The van der Waals surface area contributed by atoms with Crippen LogP contribution in [0, 0.1) is 0 Å². The van der Waals surface area contributed by atoms with Gasteiger partial charge in [0.25, 0.3) is 0 Å². The van der Waals surface area contributed by atoms with Gasteiger partial charge in [0, 0.05) is 0 Å². The second-order valence-electron chi connectivity index (χ2n) is 3.28. The molecule has 1 aliphatic rings. The van der Waals surface area contributed by atoms with Gasteiger partial charge >= 0.3 is 5.97 Å². The standard InChI is InChI=1S/C11H12O4/c1-13-9-4-2-8(3-5-9)11(12)15-7-10-6-14-10/h2-5,10H,6-7H2,1H3/t10-/m0/s1. The highest BCUT2D eigenvalue weighted by atomic mass is 16.6. The third kappa shape index (κ3) is 2.70. The van der Waals surface area contributed by atoms with Gasteiger partial charge in [0.2, 0.25) is 0 Å². The van der Waals surface area contributed by atoms with Gasteiger partial charge in [0.15, 0.2) is 0 Å². The summed E-state index contributed by atoms with van der Waals surface area (Å²) in [5.41, 5.74) is 0.524. The molecule has 15 heavy (non-hydrogen) atoms. The summed E-state index contributed by atoms with van der Waals surface area (Å²) in [5.74, 6) is 0.394. The minimum Gasteiger partial charge on any atom is -0.497 e. The van der Waals surface area contributed by atoms with Crippen LogP contribution in [-0.4, -0.2) is 32.4 Å². The molecule has 0 bridgehead atoms. The molecule has 1 atom stereocenters. The van der Waals surface area contributed by atoms with E-state index in [0.29, 0.717) is 18.8 Å². The predicted molar refractivity (Wildman–Crippen MR) is 53.0 cm³/mol. The van der Waals surface area contributed by atoms with Crippen LogP contribution < -0.4 is 4.74 Å². The highest BCUT2D eigenvalue weighted by Crippen LogP contribution is 2.13. The van der Waals surface area contributed by atoms with Gasteiger partial charge in [-0.1, -0.05) is 0 Å². The number of hydrogen-bond acceptors (Lipinski definition) is 4. The summed E-state index contributed by atoms with van der Waals surface area (Å²) in [4.78, 5) is 11.5. The molecule has 0 radical (unpaired) electrons. The molecule has 0 aromatic heterocycles. The molecular formula is C11H12O4. The number of ether oxygens (including phenoxy) is 3. The Morgan fingerprint density at radius 2 is 2.13 bits per heavy atom. The summed E-state index contributed by atoms with van der Waals surface area (Å²) in [5, 5.41) is 0. The molecule has 0 amide bonds. The average Bonchev–Trinajstić information content (AvgIpc) is 3.10. The van der Waals surface area contributed by atoms with Crippen molar-refractivity contribution < 1.29 is 19.0 Å². The van der Waals surface area contributed by atoms with Gasteiger partial charge in [-0.15, -0.1) is 0 Å². The Bertz CT molecular complexity index is 340. The monoisotopic (exact) mass is 208 g/mol. The Hall–Kier alpha value is -1.55. The number of hydrogen-bond donors (Lipinski definition) is 0. The summed E-state index contributed by atoms with van der Waals surface area (Å²) in [6.45, 7) is 1.03. The fourth-order valence-electron chi connectivity index (χ4n) is 1.14. The van der Waals surface area contributed by atoms with Crippen molar-refractivity contribution in [3.8, 4) is 5.75 Å². The van der Waals surface area contributed by atoms with Gasteiger partial charge in [-0.2, -0.15) is 0 Å². The number of epoxide rings is 1. The topological polar surface area (TPSA) is 48.1 Å². The molecule has 0 saturated carbocycles. The van der Waals surface area contributed by atoms with Crippen LogP contribution in [0.15, 0.2) is 24.3 Å². The second-order valence-corrected chi connectivity index (χ2v) is 3.28. The maximum atomic E-state index is 11.5. The van der Waals surface area contributed by atoms with Crippen LogP contribution in [0.1, 0.15) is 10.4 Å². The molecule has 0 spiro atoms. The Labute approximate surface area is 87.8 Å². The quantitative estimate of drug-likeness (QED) is 0.552. The van der Waals surface area contributed by atoms with Crippen LogP contribution in [0.4, 0.5) is 0 Å². The van der Waals surface area contributed by atoms with Crippen molar-refractivity contribution >= 4 is 5.97 Å². The lowest BCUT2D eigenvalue weighted by molar-refractivity contribution is 0.0476. The molecule has 1 aliphatic heterocycles. The van der Waals surface area contributed by atoms with Gasteiger partial charge in [-0.05, 0) is 24.3 Å². The summed E-state index contributed by atoms with van der Waals surface area (Å²) in [7, 11) is 1.58. The van der Waals surface area contributed by atoms with E-state index in [1.165, 1.54) is 0 Å². The molecule has 0 N–H and O–H groups in total. The SMILES string of the molecule is COc1ccc(C(=O)OC[C@@H]2CO2)cc1. The molecule has 4 heteroatoms. The van der Waals surface area contributed by atoms with E-state index >= 15 is 0 Å². The summed E-state index contributed by atoms with van der Waals surface area (Å²) >= 11 is 0. The van der Waals surface area contributed by atoms with Crippen molar-refractivity contribution in [2.24, 2.45) is 0 Å². The summed E-state index contributed by atoms with van der Waals surface area (Å²) < 4.78 is 14.9. The Kier molecular flexibility index (Phi) is 2.87. The third-order valence-electron chi connectivity index (χ3n) is 2.13. The number of carbonyl (C=O) groups is 1. The fraction of sp³-hybridized carbons (Fsp3) is 0.364. The van der Waals surface area contributed by atoms with Crippen LogP contribution >= 0.6 is 0 Å². The first-order valence-corrected chi connectivity index (χ1v) is 4.72. The minimum absolute atomic E-state index is 0.104. The van der Waals surface area contributed by atoms with Crippen molar-refractivity contribution in [1.29, 1.82) is 0 Å². The van der Waals surface area contributed by atoms with Crippen LogP contribution in [0.3, 0.4) is 0 Å². The lowest BCUT2D eigenvalue weighted by Gasteiger charge is -2.03. The predicted octanol–water partition coefficient (Wildman–Crippen LogP) is 1.25. The Morgan fingerprint density at radius 3 is 2.67 bits per heavy atom. The van der Waals surface area contributed by atoms with Crippen LogP contribution in [0.2, 0.25) is 0 Å². The largest absolute Gasteiger partial charge is 0.497 e. The molecule has 80 valence electrons. The smallest absolute Gasteiger partial charge is 0.338 e. The maximum absolute atomic E-state index is 11.5. The second kappa shape index (κ2) is 4.31. The van der Waals surface area contributed by atoms with E-state index in [2.05, 4.69) is 0 Å². The van der Waals surface area contributed by atoms with Crippen molar-refractivity contribution in [2.75, 3.05) is 20.3 Å². The van der Waals surface area contributed by atoms with Crippen LogP contribution in [0.5, 0.6) is 5.75 Å². The van der Waals surface area contributed by atoms with Crippen molar-refractivity contribution in [3.63, 3.8) is 0 Å². The van der Waals surface area contributed by atoms with E-state index in [9.17, 15) is 4.79 Å². The molecule has 1 aromatic rings. The zero-order valence-electron chi connectivity index (χ0n) is 8.43. The summed E-state index contributed by atoms with van der Waals surface area (Å²) in [6.07, 6.45) is 0.104. The zero-order chi connectivity index (χ0) is 10.7. The van der Waals surface area contributed by atoms with Gasteiger partial charge in [-0.25, -0.2) is 4.79 Å². The number of benzene rings is 1. The first kappa shape index (κ1) is 9.98. The zero-order valence-corrected chi connectivity index (χ0v) is 8.43. The van der Waals surface area contributed by atoms with E-state index in [0.717, 1.165) is 5.75 Å². The van der Waals surface area contributed by atoms with E-state index in [1.54, 1.807) is 31.4 Å². The molecular weight excluding hydrogens is 196 g/mol. The summed E-state index contributed by atoms with van der Waals surface area (Å²) in [6, 6.07) is 6.80. The third-order valence-corrected chi connectivity index (χ3v) is 2.13. The van der Waals surface area contributed by atoms with Gasteiger partial charge in [0.1, 0.15) is 18.5 Å². The molecule has 0 aliphatic carbocycles. The molecule has 1 heterocycles. The van der Waals surface area contributed by atoms with Gasteiger partial charge < -0.3 is 14.2 Å². The average molecular weight is 208 g/mol. The fourth-order valence-corrected chi connectivity index (χ4v) is 1.14. The number of rotatable bonds is 4. The van der Waals surface area contributed by atoms with E-state index < -0.39 is 0 Å². The Morgan fingerprint density at radius 1 is 1.47 bits per heavy atom. The lowest BCUT2D eigenvalue weighted by Crippen LogP contribution is -2.09. The molecule has 4 nitrogen and oxygen atoms in total. The molecule has 0 unspecified atom stereocenters. The minimum atomic E-state index is -0.326.